The maximum atomic E-state index is 13.1. The Bertz CT molecular complexity index is 1310. The van der Waals surface area contributed by atoms with Crippen molar-refractivity contribution < 1.29 is 14.3 Å². The largest absolute Gasteiger partial charge is 0.486 e. The number of nitrogens with zero attached hydrogens (tertiary/aromatic N) is 4. The maximum absolute atomic E-state index is 13.1. The molecule has 0 saturated heterocycles. The van der Waals surface area contributed by atoms with E-state index in [1.807, 2.05) is 54.8 Å². The van der Waals surface area contributed by atoms with E-state index in [1.165, 1.54) is 0 Å². The van der Waals surface area contributed by atoms with Gasteiger partial charge in [-0.2, -0.15) is 10.4 Å². The summed E-state index contributed by atoms with van der Waals surface area (Å²) in [6.45, 7) is 7.90. The molecule has 3 heterocycles. The second-order valence-corrected chi connectivity index (χ2v) is 7.98. The standard InChI is InChI=1S/C24H24N4O4/c1-14-9-19(21(29)12-28-24(30)20(10-25)15(2)16(3)26-28)17(4)27(14)11-18-13-31-22-7-5-6-8-23(22)32-18/h5-9,18H,11-13H2,1-4H3. The van der Waals surface area contributed by atoms with Gasteiger partial charge in [0.05, 0.1) is 12.2 Å². The molecule has 3 aromatic rings. The Morgan fingerprint density at radius 2 is 1.94 bits per heavy atom. The number of para-hydroxylation sites is 2. The van der Waals surface area contributed by atoms with Gasteiger partial charge in [-0.15, -0.1) is 0 Å². The predicted octanol–water partition coefficient (Wildman–Crippen LogP) is 2.87. The van der Waals surface area contributed by atoms with Gasteiger partial charge in [0.25, 0.3) is 5.56 Å². The quantitative estimate of drug-likeness (QED) is 0.575. The van der Waals surface area contributed by atoms with Gasteiger partial charge in [0.1, 0.15) is 24.8 Å². The number of carbonyl (C=O) groups is 1. The number of hydrogen-bond donors (Lipinski definition) is 0. The van der Waals surface area contributed by atoms with Crippen LogP contribution in [0.2, 0.25) is 0 Å². The fourth-order valence-electron chi connectivity index (χ4n) is 3.95. The first-order valence-corrected chi connectivity index (χ1v) is 10.4. The number of nitriles is 1. The summed E-state index contributed by atoms with van der Waals surface area (Å²) in [5, 5.41) is 13.5. The molecule has 0 aliphatic carbocycles. The molecule has 0 spiro atoms. The van der Waals surface area contributed by atoms with E-state index in [0.717, 1.165) is 21.8 Å². The summed E-state index contributed by atoms with van der Waals surface area (Å²) < 4.78 is 15.0. The summed E-state index contributed by atoms with van der Waals surface area (Å²) in [6.07, 6.45) is -0.195. The number of ether oxygens (including phenoxy) is 2. The Kier molecular flexibility index (Phi) is 5.57. The molecular weight excluding hydrogens is 408 g/mol. The fraction of sp³-hybridized carbons (Fsp3) is 0.333. The van der Waals surface area contributed by atoms with Crippen LogP contribution in [0, 0.1) is 39.0 Å². The number of hydrogen-bond acceptors (Lipinski definition) is 6. The second-order valence-electron chi connectivity index (χ2n) is 7.98. The van der Waals surface area contributed by atoms with Crippen molar-refractivity contribution in [3.05, 3.63) is 74.5 Å². The first-order chi connectivity index (χ1) is 15.3. The van der Waals surface area contributed by atoms with Gasteiger partial charge in [-0.05, 0) is 51.5 Å². The van der Waals surface area contributed by atoms with Gasteiger partial charge in [-0.3, -0.25) is 9.59 Å². The van der Waals surface area contributed by atoms with Crippen molar-refractivity contribution in [2.75, 3.05) is 6.61 Å². The Balaban J connectivity index is 1.56. The van der Waals surface area contributed by atoms with Crippen LogP contribution >= 0.6 is 0 Å². The Hall–Kier alpha value is -3.86. The lowest BCUT2D eigenvalue weighted by Gasteiger charge is -2.27. The van der Waals surface area contributed by atoms with Crippen LogP contribution in [0.15, 0.2) is 35.1 Å². The van der Waals surface area contributed by atoms with E-state index in [9.17, 15) is 14.9 Å². The van der Waals surface area contributed by atoms with Crippen molar-refractivity contribution in [1.29, 1.82) is 5.26 Å². The lowest BCUT2D eigenvalue weighted by atomic mass is 10.1. The lowest BCUT2D eigenvalue weighted by Crippen LogP contribution is -2.33. The third-order valence-corrected chi connectivity index (χ3v) is 5.87. The highest BCUT2D eigenvalue weighted by atomic mass is 16.6. The minimum absolute atomic E-state index is 0.0190. The number of benzene rings is 1. The molecule has 0 amide bonds. The summed E-state index contributed by atoms with van der Waals surface area (Å²) in [5.41, 5.74) is 2.77. The summed E-state index contributed by atoms with van der Waals surface area (Å²) in [4.78, 5) is 25.6. The number of rotatable bonds is 5. The van der Waals surface area contributed by atoms with Crippen LogP contribution in [0.5, 0.6) is 11.5 Å². The molecule has 32 heavy (non-hydrogen) atoms. The smallest absolute Gasteiger partial charge is 0.285 e. The van der Waals surface area contributed by atoms with Crippen LogP contribution in [0.25, 0.3) is 0 Å². The molecule has 4 rings (SSSR count). The summed E-state index contributed by atoms with van der Waals surface area (Å²) in [5.74, 6) is 1.19. The van der Waals surface area contributed by atoms with Gasteiger partial charge in [-0.1, -0.05) is 12.1 Å². The van der Waals surface area contributed by atoms with Gasteiger partial charge in [0.2, 0.25) is 0 Å². The molecule has 1 aliphatic rings. The summed E-state index contributed by atoms with van der Waals surface area (Å²) >= 11 is 0. The number of carbonyl (C=O) groups excluding carboxylic acids is 1. The van der Waals surface area contributed by atoms with Crippen LogP contribution in [0.3, 0.4) is 0 Å². The maximum Gasteiger partial charge on any atom is 0.285 e. The predicted molar refractivity (Wildman–Crippen MR) is 117 cm³/mol. The van der Waals surface area contributed by atoms with Crippen LogP contribution in [0.4, 0.5) is 0 Å². The molecule has 0 saturated carbocycles. The van der Waals surface area contributed by atoms with E-state index in [2.05, 4.69) is 5.10 Å². The van der Waals surface area contributed by atoms with E-state index >= 15 is 0 Å². The van der Waals surface area contributed by atoms with E-state index < -0.39 is 5.56 Å². The lowest BCUT2D eigenvalue weighted by molar-refractivity contribution is 0.0777. The minimum atomic E-state index is -0.552. The molecule has 0 fully saturated rings. The van der Waals surface area contributed by atoms with E-state index in [0.29, 0.717) is 35.7 Å². The molecule has 2 aromatic heterocycles. The zero-order chi connectivity index (χ0) is 23.0. The van der Waals surface area contributed by atoms with Crippen molar-refractivity contribution in [3.63, 3.8) is 0 Å². The first-order valence-electron chi connectivity index (χ1n) is 10.4. The molecule has 0 N–H and O–H groups in total. The second kappa shape index (κ2) is 8.35. The van der Waals surface area contributed by atoms with Crippen LogP contribution < -0.4 is 15.0 Å². The topological polar surface area (TPSA) is 99.1 Å². The van der Waals surface area contributed by atoms with E-state index in [-0.39, 0.29) is 24.0 Å². The van der Waals surface area contributed by atoms with E-state index in [1.54, 1.807) is 13.8 Å². The highest BCUT2D eigenvalue weighted by molar-refractivity contribution is 5.97. The number of aromatic nitrogens is 3. The molecule has 1 unspecified atom stereocenters. The number of fused-ring (bicyclic) bond motifs is 1. The first kappa shape index (κ1) is 21.4. The van der Waals surface area contributed by atoms with Crippen molar-refractivity contribution in [1.82, 2.24) is 14.3 Å². The fourth-order valence-corrected chi connectivity index (χ4v) is 3.95. The van der Waals surface area contributed by atoms with Crippen LogP contribution in [0.1, 0.15) is 38.6 Å². The van der Waals surface area contributed by atoms with E-state index in [4.69, 9.17) is 9.47 Å². The molecule has 1 atom stereocenters. The normalized spacial score (nSPS) is 14.8. The number of aryl methyl sites for hydroxylation is 2. The summed E-state index contributed by atoms with van der Waals surface area (Å²) in [7, 11) is 0. The molecule has 8 heteroatoms. The SMILES string of the molecule is Cc1nn(CC(=O)c2cc(C)n(CC3COc4ccccc4O3)c2C)c(=O)c(C#N)c1C. The zero-order valence-corrected chi connectivity index (χ0v) is 18.5. The van der Waals surface area contributed by atoms with Gasteiger partial charge < -0.3 is 14.0 Å². The highest BCUT2D eigenvalue weighted by Crippen LogP contribution is 2.31. The Morgan fingerprint density at radius 1 is 1.22 bits per heavy atom. The third-order valence-electron chi connectivity index (χ3n) is 5.87. The minimum Gasteiger partial charge on any atom is -0.486 e. The van der Waals surface area contributed by atoms with Crippen molar-refractivity contribution in [2.45, 2.75) is 46.9 Å². The van der Waals surface area contributed by atoms with Crippen molar-refractivity contribution in [2.24, 2.45) is 0 Å². The molecule has 1 aromatic carbocycles. The average Bonchev–Trinajstić information content (AvgIpc) is 3.06. The van der Waals surface area contributed by atoms with Gasteiger partial charge in [0.15, 0.2) is 23.4 Å². The molecule has 164 valence electrons. The molecule has 1 aliphatic heterocycles. The third kappa shape index (κ3) is 3.78. The van der Waals surface area contributed by atoms with Crippen LogP contribution in [-0.4, -0.2) is 32.8 Å². The highest BCUT2D eigenvalue weighted by Gasteiger charge is 2.24. The van der Waals surface area contributed by atoms with Gasteiger partial charge in [0, 0.05) is 17.0 Å². The van der Waals surface area contributed by atoms with Crippen molar-refractivity contribution >= 4 is 5.78 Å². The molecule has 0 radical (unpaired) electrons. The Morgan fingerprint density at radius 3 is 2.66 bits per heavy atom. The summed E-state index contributed by atoms with van der Waals surface area (Å²) in [6, 6.07) is 11.3. The van der Waals surface area contributed by atoms with Gasteiger partial charge >= 0.3 is 0 Å². The Labute approximate surface area is 185 Å². The zero-order valence-electron chi connectivity index (χ0n) is 18.5. The monoisotopic (exact) mass is 432 g/mol. The molecule has 8 nitrogen and oxygen atoms in total. The molecule has 0 bridgehead atoms. The molecular formula is C24H24N4O4. The number of ketones is 1. The average molecular weight is 432 g/mol. The van der Waals surface area contributed by atoms with Crippen molar-refractivity contribution in [3.8, 4) is 17.6 Å². The van der Waals surface area contributed by atoms with Gasteiger partial charge in [-0.25, -0.2) is 4.68 Å². The number of Topliss-reactive ketones (excluding diaryl/α,β-unsaturated/α-hetero) is 1. The van der Waals surface area contributed by atoms with Crippen LogP contribution in [-0.2, 0) is 13.1 Å².